The highest BCUT2D eigenvalue weighted by atomic mass is 16.5. The van der Waals surface area contributed by atoms with Crippen LogP contribution in [0.2, 0.25) is 0 Å². The van der Waals surface area contributed by atoms with Crippen LogP contribution in [0.4, 0.5) is 0 Å². The third-order valence-electron chi connectivity index (χ3n) is 4.56. The van der Waals surface area contributed by atoms with Crippen LogP contribution in [-0.4, -0.2) is 30.3 Å². The first kappa shape index (κ1) is 16.8. The molecule has 1 fully saturated rings. The number of carbonyl (C=O) groups is 1. The predicted molar refractivity (Wildman–Crippen MR) is 86.9 cm³/mol. The molecule has 0 heterocycles. The summed E-state index contributed by atoms with van der Waals surface area (Å²) in [6.45, 7) is 2.12. The number of amides is 1. The molecule has 0 spiro atoms. The number of carbonyl (C=O) groups excluding carboxylic acids is 1. The largest absolute Gasteiger partial charge is 0.496 e. The number of benzene rings is 1. The highest BCUT2D eigenvalue weighted by Crippen LogP contribution is 2.29. The van der Waals surface area contributed by atoms with Crippen LogP contribution in [0.25, 0.3) is 0 Å². The maximum absolute atomic E-state index is 12.3. The van der Waals surface area contributed by atoms with Gasteiger partial charge in [-0.05, 0) is 36.8 Å². The molecule has 1 atom stereocenters. The second-order valence-electron chi connectivity index (χ2n) is 6.52. The van der Waals surface area contributed by atoms with Crippen LogP contribution >= 0.6 is 0 Å². The van der Waals surface area contributed by atoms with Crippen LogP contribution < -0.4 is 10.1 Å². The molecule has 4 nitrogen and oxygen atoms in total. The van der Waals surface area contributed by atoms with Crippen LogP contribution in [0.1, 0.15) is 44.6 Å². The summed E-state index contributed by atoms with van der Waals surface area (Å²) in [5.74, 6) is 1.14. The van der Waals surface area contributed by atoms with Gasteiger partial charge < -0.3 is 15.2 Å². The van der Waals surface area contributed by atoms with Gasteiger partial charge in [0, 0.05) is 6.42 Å². The van der Waals surface area contributed by atoms with Gasteiger partial charge in [0.05, 0.1) is 19.3 Å². The second kappa shape index (κ2) is 7.63. The molecule has 1 aliphatic carbocycles. The van der Waals surface area contributed by atoms with Gasteiger partial charge in [0.2, 0.25) is 5.91 Å². The van der Waals surface area contributed by atoms with Gasteiger partial charge in [-0.3, -0.25) is 4.79 Å². The van der Waals surface area contributed by atoms with Crippen LogP contribution in [0, 0.1) is 5.92 Å². The number of aliphatic hydroxyl groups is 1. The molecule has 1 aromatic rings. The van der Waals surface area contributed by atoms with Gasteiger partial charge >= 0.3 is 0 Å². The lowest BCUT2D eigenvalue weighted by molar-refractivity contribution is -0.124. The summed E-state index contributed by atoms with van der Waals surface area (Å²) in [7, 11) is 1.67. The third-order valence-corrected chi connectivity index (χ3v) is 4.56. The molecule has 122 valence electrons. The Kier molecular flexibility index (Phi) is 5.83. The van der Waals surface area contributed by atoms with E-state index in [-0.39, 0.29) is 24.0 Å². The van der Waals surface area contributed by atoms with Gasteiger partial charge in [0.15, 0.2) is 0 Å². The minimum atomic E-state index is -0.374. The van der Waals surface area contributed by atoms with Crippen molar-refractivity contribution in [3.63, 3.8) is 0 Å². The Hall–Kier alpha value is -1.55. The molecule has 1 saturated carbocycles. The smallest absolute Gasteiger partial charge is 0.220 e. The van der Waals surface area contributed by atoms with E-state index < -0.39 is 0 Å². The number of hydrogen-bond donors (Lipinski definition) is 2. The summed E-state index contributed by atoms with van der Waals surface area (Å²) in [5, 5.41) is 12.6. The number of methoxy groups -OCH3 is 1. The Morgan fingerprint density at radius 3 is 2.68 bits per heavy atom. The minimum absolute atomic E-state index is 0.0401. The molecular weight excluding hydrogens is 278 g/mol. The first-order valence-electron chi connectivity index (χ1n) is 8.12. The van der Waals surface area contributed by atoms with Gasteiger partial charge in [0.1, 0.15) is 5.75 Å². The molecular formula is C18H27NO3. The molecule has 2 rings (SSSR count). The van der Waals surface area contributed by atoms with E-state index in [0.717, 1.165) is 43.4 Å². The van der Waals surface area contributed by atoms with Crippen LogP contribution in [-0.2, 0) is 11.2 Å². The fourth-order valence-electron chi connectivity index (χ4n) is 3.36. The summed E-state index contributed by atoms with van der Waals surface area (Å²) >= 11 is 0. The summed E-state index contributed by atoms with van der Waals surface area (Å²) in [4.78, 5) is 12.3. The normalized spacial score (nSPS) is 18.0. The molecule has 1 aromatic carbocycles. The molecule has 4 heteroatoms. The van der Waals surface area contributed by atoms with E-state index in [0.29, 0.717) is 6.42 Å². The molecule has 0 saturated heterocycles. The van der Waals surface area contributed by atoms with Crippen molar-refractivity contribution in [2.45, 2.75) is 51.0 Å². The molecule has 22 heavy (non-hydrogen) atoms. The SMILES string of the molecule is COc1ccccc1CC(C)CC(=O)NC1(CO)CCCC1. The third kappa shape index (κ3) is 4.23. The van der Waals surface area contributed by atoms with Crippen LogP contribution in [0.3, 0.4) is 0 Å². The molecule has 0 radical (unpaired) electrons. The monoisotopic (exact) mass is 305 g/mol. The summed E-state index contributed by atoms with van der Waals surface area (Å²) in [6.07, 6.45) is 5.21. The fraction of sp³-hybridized carbons (Fsp3) is 0.611. The Labute approximate surface area is 132 Å². The number of hydrogen-bond acceptors (Lipinski definition) is 3. The lowest BCUT2D eigenvalue weighted by Gasteiger charge is -2.28. The number of nitrogens with one attached hydrogen (secondary N) is 1. The zero-order valence-corrected chi connectivity index (χ0v) is 13.6. The number of para-hydroxylation sites is 1. The molecule has 1 unspecified atom stereocenters. The summed E-state index contributed by atoms with van der Waals surface area (Å²) in [5.41, 5.74) is 0.754. The highest BCUT2D eigenvalue weighted by Gasteiger charge is 2.34. The predicted octanol–water partition coefficient (Wildman–Crippen LogP) is 2.69. The summed E-state index contributed by atoms with van der Waals surface area (Å²) < 4.78 is 5.36. The Balaban J connectivity index is 1.88. The second-order valence-corrected chi connectivity index (χ2v) is 6.52. The van der Waals surface area contributed by atoms with Crippen molar-refractivity contribution in [2.24, 2.45) is 5.92 Å². The van der Waals surface area contributed by atoms with Crippen molar-refractivity contribution in [3.05, 3.63) is 29.8 Å². The zero-order chi connectivity index (χ0) is 16.0. The molecule has 2 N–H and O–H groups in total. The molecule has 0 bridgehead atoms. The molecule has 1 amide bonds. The van der Waals surface area contributed by atoms with E-state index in [1.807, 2.05) is 24.3 Å². The van der Waals surface area contributed by atoms with Crippen molar-refractivity contribution in [1.29, 1.82) is 0 Å². The standard InChI is InChI=1S/C18H27NO3/c1-14(11-15-7-3-4-8-16(15)22-2)12-17(21)19-18(13-20)9-5-6-10-18/h3-4,7-8,14,20H,5-6,9-13H2,1-2H3,(H,19,21). The lowest BCUT2D eigenvalue weighted by Crippen LogP contribution is -2.49. The zero-order valence-electron chi connectivity index (χ0n) is 13.6. The Morgan fingerprint density at radius 1 is 1.36 bits per heavy atom. The van der Waals surface area contributed by atoms with Gasteiger partial charge in [-0.25, -0.2) is 0 Å². The van der Waals surface area contributed by atoms with E-state index >= 15 is 0 Å². The van der Waals surface area contributed by atoms with Crippen LogP contribution in [0.15, 0.2) is 24.3 Å². The van der Waals surface area contributed by atoms with Crippen molar-refractivity contribution in [1.82, 2.24) is 5.32 Å². The maximum Gasteiger partial charge on any atom is 0.220 e. The van der Waals surface area contributed by atoms with E-state index in [1.165, 1.54) is 0 Å². The lowest BCUT2D eigenvalue weighted by atomic mass is 9.95. The maximum atomic E-state index is 12.3. The first-order valence-corrected chi connectivity index (χ1v) is 8.12. The highest BCUT2D eigenvalue weighted by molar-refractivity contribution is 5.77. The summed E-state index contributed by atoms with van der Waals surface area (Å²) in [6, 6.07) is 7.93. The molecule has 1 aliphatic rings. The topological polar surface area (TPSA) is 58.6 Å². The minimum Gasteiger partial charge on any atom is -0.496 e. The quantitative estimate of drug-likeness (QED) is 0.814. The van der Waals surface area contributed by atoms with Crippen molar-refractivity contribution < 1.29 is 14.6 Å². The average Bonchev–Trinajstić information content (AvgIpc) is 2.96. The van der Waals surface area contributed by atoms with Crippen molar-refractivity contribution >= 4 is 5.91 Å². The first-order chi connectivity index (χ1) is 10.6. The van der Waals surface area contributed by atoms with E-state index in [4.69, 9.17) is 4.74 Å². The fourth-order valence-corrected chi connectivity index (χ4v) is 3.36. The van der Waals surface area contributed by atoms with Crippen molar-refractivity contribution in [3.8, 4) is 5.75 Å². The van der Waals surface area contributed by atoms with Gasteiger partial charge in [-0.1, -0.05) is 38.0 Å². The van der Waals surface area contributed by atoms with Crippen LogP contribution in [0.5, 0.6) is 5.75 Å². The van der Waals surface area contributed by atoms with E-state index in [9.17, 15) is 9.90 Å². The number of rotatable bonds is 7. The van der Waals surface area contributed by atoms with E-state index in [1.54, 1.807) is 7.11 Å². The molecule has 0 aromatic heterocycles. The Morgan fingerprint density at radius 2 is 2.05 bits per heavy atom. The van der Waals surface area contributed by atoms with Gasteiger partial charge in [-0.2, -0.15) is 0 Å². The van der Waals surface area contributed by atoms with Gasteiger partial charge in [0.25, 0.3) is 0 Å². The number of ether oxygens (including phenoxy) is 1. The molecule has 0 aliphatic heterocycles. The van der Waals surface area contributed by atoms with Crippen molar-refractivity contribution in [2.75, 3.05) is 13.7 Å². The average molecular weight is 305 g/mol. The van der Waals surface area contributed by atoms with Gasteiger partial charge in [-0.15, -0.1) is 0 Å². The number of aliphatic hydroxyl groups excluding tert-OH is 1. The Bertz CT molecular complexity index is 495. The van der Waals surface area contributed by atoms with E-state index in [2.05, 4.69) is 12.2 Å².